The summed E-state index contributed by atoms with van der Waals surface area (Å²) >= 11 is -0.776. The van der Waals surface area contributed by atoms with Crippen LogP contribution in [0.2, 0.25) is 0 Å². The topological polar surface area (TPSA) is 108 Å². The fourth-order valence-electron chi connectivity index (χ4n) is 4.37. The van der Waals surface area contributed by atoms with Crippen LogP contribution in [0.25, 0.3) is 0 Å². The Labute approximate surface area is 145 Å². The zero-order chi connectivity index (χ0) is 18.2. The third kappa shape index (κ3) is 3.78. The highest BCUT2D eigenvalue weighted by Crippen LogP contribution is 2.55. The Morgan fingerprint density at radius 2 is 1.88 bits per heavy atom. The Balaban J connectivity index is 1.52. The Kier molecular flexibility index (Phi) is 5.02. The summed E-state index contributed by atoms with van der Waals surface area (Å²) in [6, 6.07) is 0. The zero-order valence-corrected chi connectivity index (χ0v) is 13.8. The Hall–Kier alpha value is -1.30. The summed E-state index contributed by atoms with van der Waals surface area (Å²) < 4.78 is 39.6. The zero-order valence-electron chi connectivity index (χ0n) is 12.9. The van der Waals surface area contributed by atoms with Gasteiger partial charge in [-0.25, -0.2) is 14.8 Å². The van der Waals surface area contributed by atoms with Crippen LogP contribution >= 0.6 is 12.0 Å². The fraction of sp³-hybridized carbons (Fsp3) is 0.786. The van der Waals surface area contributed by atoms with Crippen molar-refractivity contribution in [1.29, 1.82) is 0 Å². The second-order valence-corrected chi connectivity index (χ2v) is 7.54. The number of esters is 2. The normalized spacial score (nSPS) is 33.4. The molecule has 0 radical (unpaired) electrons. The molecule has 0 amide bonds. The molecular formula is C14H16F2O8S. The summed E-state index contributed by atoms with van der Waals surface area (Å²) in [5.74, 6) is -2.66. The van der Waals surface area contributed by atoms with Gasteiger partial charge in [0, 0.05) is 11.8 Å². The van der Waals surface area contributed by atoms with Gasteiger partial charge in [-0.1, -0.05) is 5.04 Å². The molecule has 0 spiro atoms. The van der Waals surface area contributed by atoms with E-state index in [4.69, 9.17) is 9.99 Å². The van der Waals surface area contributed by atoms with Gasteiger partial charge in [0.15, 0.2) is 6.61 Å². The maximum Gasteiger partial charge on any atom is 0.415 e. The standard InChI is InChI=1S/C14H16F2O8S/c15-14(16,25-24-23-20)12(19)21-6-10(17)22-13-3-7-1-8(4-13)11(18)9(2-7)5-13/h7-9,20H,1-6H2. The molecule has 8 nitrogen and oxygen atoms in total. The first-order valence-corrected chi connectivity index (χ1v) is 8.45. The van der Waals surface area contributed by atoms with Crippen molar-refractivity contribution in [3.8, 4) is 0 Å². The second-order valence-electron chi connectivity index (χ2n) is 6.72. The average molecular weight is 382 g/mol. The van der Waals surface area contributed by atoms with Crippen molar-refractivity contribution in [2.24, 2.45) is 17.8 Å². The van der Waals surface area contributed by atoms with Crippen LogP contribution in [0.4, 0.5) is 8.78 Å². The molecule has 4 saturated carbocycles. The Morgan fingerprint density at radius 3 is 2.48 bits per heavy atom. The molecule has 1 N–H and O–H groups in total. The number of ether oxygens (including phenoxy) is 2. The number of ketones is 1. The number of halogens is 2. The molecule has 0 aromatic rings. The summed E-state index contributed by atoms with van der Waals surface area (Å²) in [4.78, 5) is 35.2. The van der Waals surface area contributed by atoms with E-state index in [1.165, 1.54) is 0 Å². The van der Waals surface area contributed by atoms with E-state index >= 15 is 0 Å². The van der Waals surface area contributed by atoms with E-state index in [0.717, 1.165) is 12.8 Å². The second kappa shape index (κ2) is 6.78. The van der Waals surface area contributed by atoms with Crippen molar-refractivity contribution in [3.63, 3.8) is 0 Å². The molecule has 0 saturated heterocycles. The summed E-state index contributed by atoms with van der Waals surface area (Å²) in [5, 5.41) is 6.62. The van der Waals surface area contributed by atoms with Crippen molar-refractivity contribution in [2.45, 2.75) is 43.0 Å². The van der Waals surface area contributed by atoms with Gasteiger partial charge in [0.25, 0.3) is 0 Å². The maximum absolute atomic E-state index is 13.2. The van der Waals surface area contributed by atoms with Gasteiger partial charge in [-0.05, 0) is 38.0 Å². The van der Waals surface area contributed by atoms with Crippen LogP contribution in [0.1, 0.15) is 32.1 Å². The molecule has 0 aromatic heterocycles. The molecule has 4 aliphatic rings. The first kappa shape index (κ1) is 18.5. The van der Waals surface area contributed by atoms with Gasteiger partial charge in [0.1, 0.15) is 23.4 Å². The molecule has 2 atom stereocenters. The Morgan fingerprint density at radius 1 is 1.24 bits per heavy atom. The number of alkyl halides is 2. The van der Waals surface area contributed by atoms with E-state index in [9.17, 15) is 23.2 Å². The van der Waals surface area contributed by atoms with Crippen LogP contribution in [-0.4, -0.2) is 40.4 Å². The molecule has 4 rings (SSSR count). The number of rotatable bonds is 7. The largest absolute Gasteiger partial charge is 0.456 e. The minimum Gasteiger partial charge on any atom is -0.456 e. The molecule has 140 valence electrons. The minimum absolute atomic E-state index is 0.113. The molecule has 4 fully saturated rings. The minimum atomic E-state index is -4.17. The summed E-state index contributed by atoms with van der Waals surface area (Å²) in [5.41, 5.74) is -0.765. The quantitative estimate of drug-likeness (QED) is 0.305. The van der Waals surface area contributed by atoms with Crippen LogP contribution < -0.4 is 0 Å². The third-order valence-electron chi connectivity index (χ3n) is 5.00. The van der Waals surface area contributed by atoms with Crippen LogP contribution in [-0.2, 0) is 33.2 Å². The molecule has 25 heavy (non-hydrogen) atoms. The number of Topliss-reactive ketones (excluding diaryl/α,β-unsaturated/α-hetero) is 1. The van der Waals surface area contributed by atoms with E-state index in [0.29, 0.717) is 25.2 Å². The highest BCUT2D eigenvalue weighted by atomic mass is 32.2. The van der Waals surface area contributed by atoms with Crippen molar-refractivity contribution in [1.82, 2.24) is 0 Å². The lowest BCUT2D eigenvalue weighted by atomic mass is 9.53. The van der Waals surface area contributed by atoms with Gasteiger partial charge in [-0.3, -0.25) is 4.79 Å². The van der Waals surface area contributed by atoms with Gasteiger partial charge >= 0.3 is 17.2 Å². The average Bonchev–Trinajstić information content (AvgIpc) is 2.54. The van der Waals surface area contributed by atoms with Crippen molar-refractivity contribution < 1.29 is 47.3 Å². The van der Waals surface area contributed by atoms with Gasteiger partial charge in [-0.15, -0.1) is 4.33 Å². The van der Waals surface area contributed by atoms with Gasteiger partial charge in [-0.2, -0.15) is 8.78 Å². The van der Waals surface area contributed by atoms with Gasteiger partial charge in [0.05, 0.1) is 0 Å². The maximum atomic E-state index is 13.2. The van der Waals surface area contributed by atoms with E-state index < -0.39 is 41.4 Å². The first-order chi connectivity index (χ1) is 11.7. The summed E-state index contributed by atoms with van der Waals surface area (Å²) in [6.45, 7) is -0.981. The van der Waals surface area contributed by atoms with Crippen LogP contribution in [0.5, 0.6) is 0 Å². The molecule has 4 bridgehead atoms. The molecule has 2 unspecified atom stereocenters. The number of hydrogen-bond acceptors (Lipinski definition) is 9. The SMILES string of the molecule is O=C(COC(=O)C(F)(F)SOOO)OC12CC3CC(C1)C(=O)C(C3)C2. The van der Waals surface area contributed by atoms with Crippen LogP contribution in [0, 0.1) is 17.8 Å². The predicted octanol–water partition coefficient (Wildman–Crippen LogP) is 1.88. The highest BCUT2D eigenvalue weighted by Gasteiger charge is 2.57. The third-order valence-corrected chi connectivity index (χ3v) is 5.50. The lowest BCUT2D eigenvalue weighted by Crippen LogP contribution is -2.57. The Bertz CT molecular complexity index is 565. The van der Waals surface area contributed by atoms with E-state index in [1.807, 2.05) is 0 Å². The van der Waals surface area contributed by atoms with Crippen molar-refractivity contribution >= 4 is 29.8 Å². The van der Waals surface area contributed by atoms with E-state index in [1.54, 1.807) is 0 Å². The van der Waals surface area contributed by atoms with Crippen molar-refractivity contribution in [3.05, 3.63) is 0 Å². The lowest BCUT2D eigenvalue weighted by Gasteiger charge is -2.54. The molecule has 0 aliphatic heterocycles. The molecule has 0 aromatic carbocycles. The van der Waals surface area contributed by atoms with Crippen LogP contribution in [0.3, 0.4) is 0 Å². The van der Waals surface area contributed by atoms with E-state index in [2.05, 4.69) is 14.1 Å². The number of carbonyl (C=O) groups excluding carboxylic acids is 3. The van der Waals surface area contributed by atoms with Gasteiger partial charge in [0.2, 0.25) is 0 Å². The monoisotopic (exact) mass is 382 g/mol. The summed E-state index contributed by atoms with van der Waals surface area (Å²) in [7, 11) is 0. The van der Waals surface area contributed by atoms with Crippen LogP contribution in [0.15, 0.2) is 0 Å². The lowest BCUT2D eigenvalue weighted by molar-refractivity contribution is -0.433. The van der Waals surface area contributed by atoms with Crippen molar-refractivity contribution in [2.75, 3.05) is 6.61 Å². The van der Waals surface area contributed by atoms with E-state index in [-0.39, 0.29) is 17.6 Å². The smallest absolute Gasteiger partial charge is 0.415 e. The number of hydrogen-bond donors (Lipinski definition) is 1. The molecule has 4 aliphatic carbocycles. The molecule has 0 heterocycles. The van der Waals surface area contributed by atoms with Gasteiger partial charge < -0.3 is 9.47 Å². The number of carbonyl (C=O) groups is 3. The predicted molar refractivity (Wildman–Crippen MR) is 75.7 cm³/mol. The highest BCUT2D eigenvalue weighted by molar-refractivity contribution is 7.96. The first-order valence-electron chi connectivity index (χ1n) is 7.71. The molecular weight excluding hydrogens is 366 g/mol. The fourth-order valence-corrected chi connectivity index (χ4v) is 4.61. The molecule has 11 heteroatoms. The summed E-state index contributed by atoms with van der Waals surface area (Å²) in [6.07, 6.45) is 3.12.